The molecular formula is C13H14N2O2. The van der Waals surface area contributed by atoms with Crippen molar-refractivity contribution in [2.75, 3.05) is 0 Å². The van der Waals surface area contributed by atoms with Crippen LogP contribution in [0.2, 0.25) is 0 Å². The van der Waals surface area contributed by atoms with E-state index >= 15 is 0 Å². The van der Waals surface area contributed by atoms with Gasteiger partial charge in [0.2, 0.25) is 0 Å². The summed E-state index contributed by atoms with van der Waals surface area (Å²) < 4.78 is 1.66. The fourth-order valence-electron chi connectivity index (χ4n) is 1.89. The van der Waals surface area contributed by atoms with E-state index in [4.69, 9.17) is 5.11 Å². The summed E-state index contributed by atoms with van der Waals surface area (Å²) in [5.41, 5.74) is 3.04. The Bertz CT molecular complexity index is 558. The molecule has 1 N–H and O–H groups in total. The van der Waals surface area contributed by atoms with Crippen LogP contribution in [0.5, 0.6) is 0 Å². The summed E-state index contributed by atoms with van der Waals surface area (Å²) in [5.74, 6) is -0.937. The van der Waals surface area contributed by atoms with Crippen LogP contribution in [0, 0.1) is 13.8 Å². The maximum atomic E-state index is 11.1. The van der Waals surface area contributed by atoms with Crippen LogP contribution in [-0.2, 0) is 6.54 Å². The van der Waals surface area contributed by atoms with Gasteiger partial charge in [-0.15, -0.1) is 0 Å². The van der Waals surface area contributed by atoms with E-state index < -0.39 is 5.97 Å². The van der Waals surface area contributed by atoms with Crippen molar-refractivity contribution in [2.24, 2.45) is 0 Å². The summed E-state index contributed by atoms with van der Waals surface area (Å²) >= 11 is 0. The molecular weight excluding hydrogens is 216 g/mol. The van der Waals surface area contributed by atoms with E-state index in [1.807, 2.05) is 31.2 Å². The van der Waals surface area contributed by atoms with E-state index in [9.17, 15) is 4.79 Å². The van der Waals surface area contributed by atoms with Gasteiger partial charge in [0.15, 0.2) is 0 Å². The van der Waals surface area contributed by atoms with E-state index in [0.29, 0.717) is 12.2 Å². The number of hydrogen-bond acceptors (Lipinski definition) is 2. The normalized spacial score (nSPS) is 10.5. The lowest BCUT2D eigenvalue weighted by molar-refractivity contribution is 0.0685. The number of rotatable bonds is 3. The molecule has 0 bridgehead atoms. The number of aromatic nitrogens is 2. The van der Waals surface area contributed by atoms with Crippen LogP contribution < -0.4 is 0 Å². The first-order chi connectivity index (χ1) is 8.08. The monoisotopic (exact) mass is 230 g/mol. The fourth-order valence-corrected chi connectivity index (χ4v) is 1.89. The van der Waals surface area contributed by atoms with Gasteiger partial charge in [0, 0.05) is 6.54 Å². The molecule has 0 aliphatic carbocycles. The van der Waals surface area contributed by atoms with Crippen molar-refractivity contribution in [3.05, 3.63) is 53.1 Å². The van der Waals surface area contributed by atoms with Crippen molar-refractivity contribution in [3.63, 3.8) is 0 Å². The zero-order valence-electron chi connectivity index (χ0n) is 9.84. The van der Waals surface area contributed by atoms with Gasteiger partial charge < -0.3 is 9.67 Å². The third kappa shape index (κ3) is 2.36. The molecule has 0 saturated carbocycles. The van der Waals surface area contributed by atoms with E-state index in [1.54, 1.807) is 17.8 Å². The lowest BCUT2D eigenvalue weighted by Crippen LogP contribution is -2.10. The molecule has 0 atom stereocenters. The molecule has 0 amide bonds. The third-order valence-corrected chi connectivity index (χ3v) is 2.66. The second-order valence-corrected chi connectivity index (χ2v) is 4.10. The average molecular weight is 230 g/mol. The Kier molecular flexibility index (Phi) is 2.95. The Morgan fingerprint density at radius 2 is 2.18 bits per heavy atom. The SMILES string of the molecule is Cc1cccc(Cn2cnc(C)c2C(=O)O)c1. The summed E-state index contributed by atoms with van der Waals surface area (Å²) in [6.45, 7) is 4.25. The predicted octanol–water partition coefficient (Wildman–Crippen LogP) is 2.25. The van der Waals surface area contributed by atoms with E-state index in [2.05, 4.69) is 4.98 Å². The molecule has 2 rings (SSSR count). The van der Waals surface area contributed by atoms with Crippen molar-refractivity contribution < 1.29 is 9.90 Å². The smallest absolute Gasteiger partial charge is 0.354 e. The van der Waals surface area contributed by atoms with Crippen LogP contribution >= 0.6 is 0 Å². The molecule has 1 heterocycles. The number of imidazole rings is 1. The standard InChI is InChI=1S/C13H14N2O2/c1-9-4-3-5-11(6-9)7-15-8-14-10(2)12(15)13(16)17/h3-6,8H,7H2,1-2H3,(H,16,17). The van der Waals surface area contributed by atoms with E-state index in [0.717, 1.165) is 11.1 Å². The van der Waals surface area contributed by atoms with Crippen LogP contribution in [0.25, 0.3) is 0 Å². The number of hydrogen-bond donors (Lipinski definition) is 1. The zero-order chi connectivity index (χ0) is 12.4. The molecule has 88 valence electrons. The highest BCUT2D eigenvalue weighted by Crippen LogP contribution is 2.11. The summed E-state index contributed by atoms with van der Waals surface area (Å²) in [7, 11) is 0. The molecule has 17 heavy (non-hydrogen) atoms. The molecule has 0 saturated heterocycles. The number of benzene rings is 1. The van der Waals surface area contributed by atoms with E-state index in [-0.39, 0.29) is 5.69 Å². The van der Waals surface area contributed by atoms with Crippen molar-refractivity contribution in [1.29, 1.82) is 0 Å². The van der Waals surface area contributed by atoms with Gasteiger partial charge in [0.25, 0.3) is 0 Å². The lowest BCUT2D eigenvalue weighted by Gasteiger charge is -2.06. The maximum Gasteiger partial charge on any atom is 0.354 e. The summed E-state index contributed by atoms with van der Waals surface area (Å²) in [5, 5.41) is 9.11. The molecule has 0 unspecified atom stereocenters. The Labute approximate surface area is 99.5 Å². The minimum atomic E-state index is -0.937. The number of nitrogens with zero attached hydrogens (tertiary/aromatic N) is 2. The first-order valence-electron chi connectivity index (χ1n) is 5.38. The summed E-state index contributed by atoms with van der Waals surface area (Å²) in [4.78, 5) is 15.1. The van der Waals surface area contributed by atoms with Crippen LogP contribution in [0.3, 0.4) is 0 Å². The van der Waals surface area contributed by atoms with Gasteiger partial charge in [-0.3, -0.25) is 0 Å². The summed E-state index contributed by atoms with van der Waals surface area (Å²) in [6, 6.07) is 8.00. The number of aromatic carboxylic acids is 1. The fraction of sp³-hybridized carbons (Fsp3) is 0.231. The quantitative estimate of drug-likeness (QED) is 0.879. The van der Waals surface area contributed by atoms with Gasteiger partial charge in [0.1, 0.15) is 5.69 Å². The first kappa shape index (κ1) is 11.4. The molecule has 0 radical (unpaired) electrons. The molecule has 0 aliphatic rings. The molecule has 4 heteroatoms. The van der Waals surface area contributed by atoms with Gasteiger partial charge in [-0.2, -0.15) is 0 Å². The Hall–Kier alpha value is -2.10. The average Bonchev–Trinajstić information content (AvgIpc) is 2.59. The van der Waals surface area contributed by atoms with Crippen LogP contribution in [-0.4, -0.2) is 20.6 Å². The largest absolute Gasteiger partial charge is 0.477 e. The highest BCUT2D eigenvalue weighted by molar-refractivity contribution is 5.86. The van der Waals surface area contributed by atoms with Crippen LogP contribution in [0.15, 0.2) is 30.6 Å². The van der Waals surface area contributed by atoms with Gasteiger partial charge in [-0.05, 0) is 19.4 Å². The lowest BCUT2D eigenvalue weighted by atomic mass is 10.1. The third-order valence-electron chi connectivity index (χ3n) is 2.66. The Morgan fingerprint density at radius 1 is 1.41 bits per heavy atom. The van der Waals surface area contributed by atoms with Gasteiger partial charge in [-0.25, -0.2) is 9.78 Å². The Balaban J connectivity index is 2.33. The molecule has 0 aliphatic heterocycles. The van der Waals surface area contributed by atoms with Crippen molar-refractivity contribution in [2.45, 2.75) is 20.4 Å². The molecule has 0 spiro atoms. The first-order valence-corrected chi connectivity index (χ1v) is 5.38. The van der Waals surface area contributed by atoms with Gasteiger partial charge in [0.05, 0.1) is 12.0 Å². The second kappa shape index (κ2) is 4.41. The topological polar surface area (TPSA) is 55.1 Å². The van der Waals surface area contributed by atoms with Crippen molar-refractivity contribution in [3.8, 4) is 0 Å². The van der Waals surface area contributed by atoms with Crippen molar-refractivity contribution in [1.82, 2.24) is 9.55 Å². The van der Waals surface area contributed by atoms with E-state index in [1.165, 1.54) is 0 Å². The van der Waals surface area contributed by atoms with Gasteiger partial charge >= 0.3 is 5.97 Å². The molecule has 4 nitrogen and oxygen atoms in total. The summed E-state index contributed by atoms with van der Waals surface area (Å²) in [6.07, 6.45) is 1.57. The molecule has 2 aromatic rings. The van der Waals surface area contributed by atoms with Gasteiger partial charge in [-0.1, -0.05) is 29.8 Å². The number of aryl methyl sites for hydroxylation is 2. The highest BCUT2D eigenvalue weighted by Gasteiger charge is 2.14. The minimum Gasteiger partial charge on any atom is -0.477 e. The molecule has 0 fully saturated rings. The molecule has 1 aromatic heterocycles. The number of carbonyl (C=O) groups is 1. The number of carboxylic acid groups (broad SMARTS) is 1. The van der Waals surface area contributed by atoms with Crippen LogP contribution in [0.4, 0.5) is 0 Å². The predicted molar refractivity (Wildman–Crippen MR) is 64.2 cm³/mol. The van der Waals surface area contributed by atoms with Crippen LogP contribution in [0.1, 0.15) is 27.3 Å². The zero-order valence-corrected chi connectivity index (χ0v) is 9.84. The highest BCUT2D eigenvalue weighted by atomic mass is 16.4. The second-order valence-electron chi connectivity index (χ2n) is 4.10. The maximum absolute atomic E-state index is 11.1. The minimum absolute atomic E-state index is 0.256. The number of carboxylic acids is 1. The molecule has 1 aromatic carbocycles. The van der Waals surface area contributed by atoms with Crippen molar-refractivity contribution >= 4 is 5.97 Å². The Morgan fingerprint density at radius 3 is 2.82 bits per heavy atom.